The number of hydrogen-bond donors (Lipinski definition) is 1. The van der Waals surface area contributed by atoms with E-state index in [2.05, 4.69) is 14.9 Å². The molecule has 25 heavy (non-hydrogen) atoms. The van der Waals surface area contributed by atoms with E-state index in [4.69, 9.17) is 4.42 Å². The molecule has 0 unspecified atom stereocenters. The van der Waals surface area contributed by atoms with Crippen LogP contribution in [0.25, 0.3) is 22.4 Å². The minimum absolute atomic E-state index is 0.261. The van der Waals surface area contributed by atoms with E-state index in [0.29, 0.717) is 17.2 Å². The highest BCUT2D eigenvalue weighted by molar-refractivity contribution is 6.02. The minimum atomic E-state index is -0.261. The highest BCUT2D eigenvalue weighted by Crippen LogP contribution is 2.25. The molecule has 2 aromatic carbocycles. The summed E-state index contributed by atoms with van der Waals surface area (Å²) in [6.07, 6.45) is 0. The molecule has 0 saturated carbocycles. The van der Waals surface area contributed by atoms with Crippen LogP contribution in [0.3, 0.4) is 0 Å². The van der Waals surface area contributed by atoms with Gasteiger partial charge < -0.3 is 14.3 Å². The first-order valence-electron chi connectivity index (χ1n) is 8.01. The summed E-state index contributed by atoms with van der Waals surface area (Å²) < 4.78 is 7.40. The molecule has 0 aliphatic heterocycles. The van der Waals surface area contributed by atoms with Crippen LogP contribution in [0.1, 0.15) is 16.3 Å². The number of carbonyl (C=O) groups is 1. The second-order valence-electron chi connectivity index (χ2n) is 5.92. The van der Waals surface area contributed by atoms with Crippen molar-refractivity contribution < 1.29 is 9.21 Å². The van der Waals surface area contributed by atoms with E-state index in [1.54, 1.807) is 12.1 Å². The maximum Gasteiger partial charge on any atom is 0.291 e. The zero-order chi connectivity index (χ0) is 17.4. The van der Waals surface area contributed by atoms with E-state index in [1.165, 1.54) is 0 Å². The Bertz CT molecular complexity index is 1060. The lowest BCUT2D eigenvalue weighted by molar-refractivity contribution is 0.0995. The van der Waals surface area contributed by atoms with Gasteiger partial charge in [0.05, 0.1) is 11.0 Å². The van der Waals surface area contributed by atoms with Crippen molar-refractivity contribution >= 4 is 22.6 Å². The van der Waals surface area contributed by atoms with E-state index in [0.717, 1.165) is 22.4 Å². The molecule has 0 atom stereocenters. The molecule has 124 valence electrons. The number of nitrogens with zero attached hydrogens (tertiary/aromatic N) is 2. The van der Waals surface area contributed by atoms with Crippen molar-refractivity contribution in [3.63, 3.8) is 0 Å². The van der Waals surface area contributed by atoms with Gasteiger partial charge in [-0.15, -0.1) is 0 Å². The molecule has 1 N–H and O–H groups in total. The summed E-state index contributed by atoms with van der Waals surface area (Å²) in [4.78, 5) is 16.8. The molecule has 2 aromatic heterocycles. The first kappa shape index (κ1) is 15.2. The fraction of sp³-hybridized carbons (Fsp3) is 0.100. The van der Waals surface area contributed by atoms with Crippen LogP contribution in [0, 0.1) is 6.92 Å². The Labute approximate surface area is 144 Å². The summed E-state index contributed by atoms with van der Waals surface area (Å²) in [5.41, 5.74) is 3.75. The third-order valence-corrected chi connectivity index (χ3v) is 4.15. The second-order valence-corrected chi connectivity index (χ2v) is 5.92. The highest BCUT2D eigenvalue weighted by Gasteiger charge is 2.12. The number of anilines is 1. The molecule has 5 nitrogen and oxygen atoms in total. The van der Waals surface area contributed by atoms with Gasteiger partial charge in [-0.3, -0.25) is 4.79 Å². The van der Waals surface area contributed by atoms with Crippen molar-refractivity contribution in [1.82, 2.24) is 9.55 Å². The molecule has 0 bridgehead atoms. The fourth-order valence-electron chi connectivity index (χ4n) is 2.86. The monoisotopic (exact) mass is 331 g/mol. The number of aromatic nitrogens is 2. The molecule has 0 aliphatic rings. The summed E-state index contributed by atoms with van der Waals surface area (Å²) in [6.45, 7) is 1.81. The van der Waals surface area contributed by atoms with Gasteiger partial charge in [0.1, 0.15) is 11.6 Å². The normalized spacial score (nSPS) is 11.0. The minimum Gasteiger partial charge on any atom is -0.456 e. The second kappa shape index (κ2) is 5.94. The number of aryl methyl sites for hydroxylation is 2. The average Bonchev–Trinajstić information content (AvgIpc) is 3.20. The molecular weight excluding hydrogens is 314 g/mol. The van der Waals surface area contributed by atoms with Gasteiger partial charge in [0.15, 0.2) is 5.76 Å². The van der Waals surface area contributed by atoms with Gasteiger partial charge in [-0.05, 0) is 55.5 Å². The van der Waals surface area contributed by atoms with Crippen LogP contribution >= 0.6 is 0 Å². The summed E-state index contributed by atoms with van der Waals surface area (Å²) in [7, 11) is 2.00. The predicted octanol–water partition coefficient (Wildman–Crippen LogP) is 4.39. The number of hydrogen-bond acceptors (Lipinski definition) is 3. The van der Waals surface area contributed by atoms with Crippen LogP contribution in [0.2, 0.25) is 0 Å². The van der Waals surface area contributed by atoms with Gasteiger partial charge >= 0.3 is 0 Å². The lowest BCUT2D eigenvalue weighted by Crippen LogP contribution is -2.10. The van der Waals surface area contributed by atoms with E-state index in [-0.39, 0.29) is 5.91 Å². The molecular formula is C20H17N3O2. The van der Waals surface area contributed by atoms with Crippen molar-refractivity contribution in [2.24, 2.45) is 7.05 Å². The van der Waals surface area contributed by atoms with Crippen LogP contribution in [0.4, 0.5) is 5.69 Å². The van der Waals surface area contributed by atoms with Gasteiger partial charge in [-0.25, -0.2) is 4.98 Å². The van der Waals surface area contributed by atoms with E-state index < -0.39 is 0 Å². The van der Waals surface area contributed by atoms with Crippen LogP contribution in [0.15, 0.2) is 65.1 Å². The molecule has 5 heteroatoms. The number of amides is 1. The average molecular weight is 331 g/mol. The van der Waals surface area contributed by atoms with Crippen molar-refractivity contribution in [1.29, 1.82) is 0 Å². The van der Waals surface area contributed by atoms with Crippen LogP contribution in [-0.4, -0.2) is 15.5 Å². The molecule has 4 rings (SSSR count). The maximum absolute atomic E-state index is 12.1. The van der Waals surface area contributed by atoms with Gasteiger partial charge in [-0.2, -0.15) is 0 Å². The molecule has 0 radical (unpaired) electrons. The van der Waals surface area contributed by atoms with Crippen molar-refractivity contribution in [3.05, 3.63) is 72.2 Å². The Morgan fingerprint density at radius 1 is 1.04 bits per heavy atom. The van der Waals surface area contributed by atoms with Crippen LogP contribution in [0.5, 0.6) is 0 Å². The van der Waals surface area contributed by atoms with E-state index in [1.807, 2.05) is 62.5 Å². The number of imidazole rings is 1. The topological polar surface area (TPSA) is 60.1 Å². The zero-order valence-corrected chi connectivity index (χ0v) is 14.0. The molecule has 0 spiro atoms. The van der Waals surface area contributed by atoms with Crippen molar-refractivity contribution in [2.75, 3.05) is 5.32 Å². The van der Waals surface area contributed by atoms with Crippen molar-refractivity contribution in [3.8, 4) is 11.4 Å². The number of benzene rings is 2. The predicted molar refractivity (Wildman–Crippen MR) is 97.5 cm³/mol. The fourth-order valence-corrected chi connectivity index (χ4v) is 2.86. The standard InChI is InChI=1S/C20H17N3O2/c1-13-7-12-18(25-13)20(24)21-15-10-8-14(9-11-15)19-22-16-5-3-4-6-17(16)23(19)2/h3-12H,1-2H3,(H,21,24). The zero-order valence-electron chi connectivity index (χ0n) is 14.0. The van der Waals surface area contributed by atoms with Crippen molar-refractivity contribution in [2.45, 2.75) is 6.92 Å². The summed E-state index contributed by atoms with van der Waals surface area (Å²) >= 11 is 0. The SMILES string of the molecule is Cc1ccc(C(=O)Nc2ccc(-c3nc4ccccc4n3C)cc2)o1. The first-order valence-corrected chi connectivity index (χ1v) is 8.01. The number of carbonyl (C=O) groups excluding carboxylic acids is 1. The van der Waals surface area contributed by atoms with Gasteiger partial charge in [0.25, 0.3) is 5.91 Å². The smallest absolute Gasteiger partial charge is 0.291 e. The largest absolute Gasteiger partial charge is 0.456 e. The van der Waals surface area contributed by atoms with Gasteiger partial charge in [0, 0.05) is 18.3 Å². The Kier molecular flexibility index (Phi) is 3.61. The third-order valence-electron chi connectivity index (χ3n) is 4.15. The summed E-state index contributed by atoms with van der Waals surface area (Å²) in [5, 5.41) is 2.83. The number of furan rings is 1. The number of para-hydroxylation sites is 2. The lowest BCUT2D eigenvalue weighted by Gasteiger charge is -2.06. The molecule has 2 heterocycles. The summed E-state index contributed by atoms with van der Waals surface area (Å²) in [6, 6.07) is 19.1. The van der Waals surface area contributed by atoms with E-state index >= 15 is 0 Å². The Morgan fingerprint density at radius 2 is 1.80 bits per heavy atom. The third kappa shape index (κ3) is 2.80. The molecule has 0 aliphatic carbocycles. The van der Waals surface area contributed by atoms with Crippen LogP contribution < -0.4 is 5.32 Å². The van der Waals surface area contributed by atoms with Gasteiger partial charge in [0.2, 0.25) is 0 Å². The number of fused-ring (bicyclic) bond motifs is 1. The Hall–Kier alpha value is -3.34. The quantitative estimate of drug-likeness (QED) is 0.605. The lowest BCUT2D eigenvalue weighted by atomic mass is 10.2. The Morgan fingerprint density at radius 3 is 2.48 bits per heavy atom. The molecule has 4 aromatic rings. The molecule has 1 amide bonds. The highest BCUT2D eigenvalue weighted by atomic mass is 16.3. The Balaban J connectivity index is 1.59. The maximum atomic E-state index is 12.1. The molecule has 0 saturated heterocycles. The van der Waals surface area contributed by atoms with Crippen LogP contribution in [-0.2, 0) is 7.05 Å². The number of rotatable bonds is 3. The molecule has 0 fully saturated rings. The number of nitrogens with one attached hydrogen (secondary N) is 1. The summed E-state index contributed by atoms with van der Waals surface area (Å²) in [5.74, 6) is 1.64. The first-order chi connectivity index (χ1) is 12.1. The van der Waals surface area contributed by atoms with E-state index in [9.17, 15) is 4.79 Å². The van der Waals surface area contributed by atoms with Gasteiger partial charge in [-0.1, -0.05) is 12.1 Å².